The Morgan fingerprint density at radius 3 is 2.89 bits per heavy atom. The van der Waals surface area contributed by atoms with Crippen LogP contribution in [-0.2, 0) is 17.6 Å². The lowest BCUT2D eigenvalue weighted by atomic mass is 9.86. The fourth-order valence-corrected chi connectivity index (χ4v) is 6.09. The molecule has 0 radical (unpaired) electrons. The number of aromatic nitrogens is 4. The number of hydrogen-bond donors (Lipinski definition) is 4. The highest BCUT2D eigenvalue weighted by atomic mass is 32.1. The molecule has 5 rings (SSSR count). The molecule has 11 heteroatoms. The summed E-state index contributed by atoms with van der Waals surface area (Å²) in [7, 11) is 3.82. The van der Waals surface area contributed by atoms with Crippen molar-refractivity contribution in [2.75, 3.05) is 32.6 Å². The Balaban J connectivity index is 1.41. The fourth-order valence-electron chi connectivity index (χ4n) is 4.81. The van der Waals surface area contributed by atoms with E-state index in [0.717, 1.165) is 51.9 Å². The van der Waals surface area contributed by atoms with Crippen molar-refractivity contribution in [3.63, 3.8) is 0 Å². The van der Waals surface area contributed by atoms with Crippen LogP contribution in [0.2, 0.25) is 0 Å². The number of aliphatic hydroxyl groups excluding tert-OH is 1. The summed E-state index contributed by atoms with van der Waals surface area (Å²) in [5.74, 6) is 1.54. The van der Waals surface area contributed by atoms with Crippen molar-refractivity contribution in [1.82, 2.24) is 30.4 Å². The molecule has 0 spiro atoms. The van der Waals surface area contributed by atoms with E-state index in [-0.39, 0.29) is 11.8 Å². The summed E-state index contributed by atoms with van der Waals surface area (Å²) in [4.78, 5) is 25.5. The lowest BCUT2D eigenvalue weighted by Crippen LogP contribution is -2.37. The Kier molecular flexibility index (Phi) is 7.26. The van der Waals surface area contributed by atoms with Crippen LogP contribution in [0.15, 0.2) is 24.7 Å². The molecule has 0 saturated heterocycles. The molecular weight excluding hydrogens is 502 g/mol. The molecule has 10 nitrogen and oxygen atoms in total. The Labute approximate surface area is 225 Å². The summed E-state index contributed by atoms with van der Waals surface area (Å²) < 4.78 is 6.12. The Morgan fingerprint density at radius 2 is 2.13 bits per heavy atom. The van der Waals surface area contributed by atoms with Gasteiger partial charge in [-0.05, 0) is 45.0 Å². The van der Waals surface area contributed by atoms with Crippen LogP contribution in [0.4, 0.5) is 11.5 Å². The first kappa shape index (κ1) is 26.3. The van der Waals surface area contributed by atoms with Gasteiger partial charge in [0.25, 0.3) is 0 Å². The number of carbonyl (C=O) groups excluding carboxylic acids is 1. The number of ether oxygens (including phenoxy) is 1. The van der Waals surface area contributed by atoms with Crippen molar-refractivity contribution < 1.29 is 14.6 Å². The van der Waals surface area contributed by atoms with E-state index in [2.05, 4.69) is 30.8 Å². The number of rotatable bonds is 8. The van der Waals surface area contributed by atoms with Crippen LogP contribution in [0, 0.1) is 11.3 Å². The second-order valence-corrected chi connectivity index (χ2v) is 12.2. The minimum atomic E-state index is -0.466. The Morgan fingerprint density at radius 1 is 1.32 bits per heavy atom. The molecule has 3 heterocycles. The zero-order chi connectivity index (χ0) is 27.0. The molecule has 0 fully saturated rings. The molecule has 1 unspecified atom stereocenters. The third-order valence-electron chi connectivity index (χ3n) is 6.95. The van der Waals surface area contributed by atoms with Crippen LogP contribution < -0.4 is 15.4 Å². The highest BCUT2D eigenvalue weighted by molar-refractivity contribution is 7.19. The quantitative estimate of drug-likeness (QED) is 0.197. The first-order valence-corrected chi connectivity index (χ1v) is 13.7. The van der Waals surface area contributed by atoms with Gasteiger partial charge in [-0.25, -0.2) is 9.97 Å². The largest absolute Gasteiger partial charge is 0.489 e. The average Bonchev–Trinajstić information content (AvgIpc) is 3.48. The molecule has 0 bridgehead atoms. The number of thiophene rings is 1. The second kappa shape index (κ2) is 10.5. The number of aromatic amines is 1. The summed E-state index contributed by atoms with van der Waals surface area (Å²) in [6.45, 7) is 6.36. The molecule has 2 atom stereocenters. The van der Waals surface area contributed by atoms with Gasteiger partial charge in [0.2, 0.25) is 5.91 Å². The lowest BCUT2D eigenvalue weighted by molar-refractivity contribution is -0.128. The van der Waals surface area contributed by atoms with Gasteiger partial charge < -0.3 is 20.5 Å². The van der Waals surface area contributed by atoms with Crippen molar-refractivity contribution in [2.45, 2.75) is 46.3 Å². The highest BCUT2D eigenvalue weighted by Gasteiger charge is 2.30. The van der Waals surface area contributed by atoms with Crippen molar-refractivity contribution in [1.29, 1.82) is 0 Å². The molecular formula is C27H35N7O3S. The number of carbonyl (C=O) groups is 1. The van der Waals surface area contributed by atoms with E-state index in [1.54, 1.807) is 23.9 Å². The third-order valence-corrected chi connectivity index (χ3v) is 8.12. The molecule has 0 aliphatic heterocycles. The van der Waals surface area contributed by atoms with Crippen LogP contribution in [-0.4, -0.2) is 69.6 Å². The first-order valence-electron chi connectivity index (χ1n) is 12.9. The number of amides is 1. The molecule has 0 saturated carbocycles. The molecule has 3 aromatic heterocycles. The van der Waals surface area contributed by atoms with E-state index < -0.39 is 11.6 Å². The number of H-pyrrole nitrogens is 1. The predicted octanol–water partition coefficient (Wildman–Crippen LogP) is 3.84. The van der Waals surface area contributed by atoms with Gasteiger partial charge in [-0.3, -0.25) is 14.8 Å². The number of aliphatic hydroxyl groups is 1. The number of anilines is 2. The molecule has 1 aliphatic rings. The van der Waals surface area contributed by atoms with Gasteiger partial charge in [-0.2, -0.15) is 5.10 Å². The first-order chi connectivity index (χ1) is 18.1. The second-order valence-electron chi connectivity index (χ2n) is 11.1. The van der Waals surface area contributed by atoms with E-state index in [4.69, 9.17) is 4.74 Å². The topological polar surface area (TPSA) is 128 Å². The highest BCUT2D eigenvalue weighted by Crippen LogP contribution is 2.42. The molecule has 4 aromatic rings. The maximum atomic E-state index is 12.2. The smallest absolute Gasteiger partial charge is 0.225 e. The zero-order valence-corrected chi connectivity index (χ0v) is 23.3. The summed E-state index contributed by atoms with van der Waals surface area (Å²) >= 11 is 1.68. The lowest BCUT2D eigenvalue weighted by Gasteiger charge is -2.30. The summed E-state index contributed by atoms with van der Waals surface area (Å²) in [6.07, 6.45) is 5.48. The molecule has 1 amide bonds. The standard InChI is InChI=1S/C27H35N7O3S/c1-27(2,3)26(36)28-8-9-37-20-12-18-16(13-31-33-18)10-19(20)32-23-22-17-7-6-15(25(35)34(4)5)11-21(17)38-24(22)30-14-29-23/h10,12-15,25,35H,6-9,11H2,1-5H3,(H,28,36)(H,31,33)(H,29,30,32)/t15-,25?/m0/s1. The SMILES string of the molecule is CN(C)C(O)[C@H]1CCc2c(sc3ncnc(Nc4cc5cn[nH]c5cc4OCCNC(=O)C(C)(C)C)c23)C1. The van der Waals surface area contributed by atoms with Crippen molar-refractivity contribution >= 4 is 49.9 Å². The number of hydrogen-bond acceptors (Lipinski definition) is 9. The fraction of sp³-hybridized carbons (Fsp3) is 0.481. The van der Waals surface area contributed by atoms with E-state index >= 15 is 0 Å². The van der Waals surface area contributed by atoms with Crippen molar-refractivity contribution in [3.05, 3.63) is 35.1 Å². The molecule has 202 valence electrons. The minimum Gasteiger partial charge on any atom is -0.489 e. The van der Waals surface area contributed by atoms with Gasteiger partial charge in [0.15, 0.2) is 0 Å². The molecule has 1 aliphatic carbocycles. The number of fused-ring (bicyclic) bond motifs is 4. The van der Waals surface area contributed by atoms with Gasteiger partial charge in [0.05, 0.1) is 29.3 Å². The third kappa shape index (κ3) is 5.31. The maximum absolute atomic E-state index is 12.2. The number of nitrogens with zero attached hydrogens (tertiary/aromatic N) is 4. The summed E-state index contributed by atoms with van der Waals surface area (Å²) in [5.41, 5.74) is 2.42. The number of benzene rings is 1. The summed E-state index contributed by atoms with van der Waals surface area (Å²) in [6, 6.07) is 3.89. The Bertz CT molecular complexity index is 1460. The van der Waals surface area contributed by atoms with Crippen molar-refractivity contribution in [2.24, 2.45) is 11.3 Å². The predicted molar refractivity (Wildman–Crippen MR) is 150 cm³/mol. The van der Waals surface area contributed by atoms with Gasteiger partial charge in [0, 0.05) is 27.7 Å². The van der Waals surface area contributed by atoms with E-state index in [1.807, 2.05) is 51.9 Å². The van der Waals surface area contributed by atoms with Crippen LogP contribution in [0.3, 0.4) is 0 Å². The van der Waals surface area contributed by atoms with Crippen molar-refractivity contribution in [3.8, 4) is 5.75 Å². The van der Waals surface area contributed by atoms with Crippen LogP contribution in [0.25, 0.3) is 21.1 Å². The number of nitrogens with one attached hydrogen (secondary N) is 3. The van der Waals surface area contributed by atoms with Crippen LogP contribution >= 0.6 is 11.3 Å². The van der Waals surface area contributed by atoms with E-state index in [1.165, 1.54) is 10.4 Å². The van der Waals surface area contributed by atoms with Gasteiger partial charge in [-0.15, -0.1) is 11.3 Å². The Hall–Kier alpha value is -3.28. The van der Waals surface area contributed by atoms with Gasteiger partial charge in [0.1, 0.15) is 35.6 Å². The van der Waals surface area contributed by atoms with E-state index in [0.29, 0.717) is 18.9 Å². The van der Waals surface area contributed by atoms with Crippen LogP contribution in [0.1, 0.15) is 37.6 Å². The van der Waals surface area contributed by atoms with Gasteiger partial charge >= 0.3 is 0 Å². The molecule has 38 heavy (non-hydrogen) atoms. The van der Waals surface area contributed by atoms with E-state index in [9.17, 15) is 9.90 Å². The minimum absolute atomic E-state index is 0.0191. The van der Waals surface area contributed by atoms with Crippen LogP contribution in [0.5, 0.6) is 5.75 Å². The summed E-state index contributed by atoms with van der Waals surface area (Å²) in [5, 5.41) is 26.2. The monoisotopic (exact) mass is 537 g/mol. The normalized spacial score (nSPS) is 16.6. The maximum Gasteiger partial charge on any atom is 0.225 e. The molecule has 1 aromatic carbocycles. The average molecular weight is 538 g/mol. The molecule has 4 N–H and O–H groups in total. The van der Waals surface area contributed by atoms with Gasteiger partial charge in [-0.1, -0.05) is 20.8 Å². The zero-order valence-electron chi connectivity index (χ0n) is 22.5. The number of aryl methyl sites for hydroxylation is 1.